The molecule has 1 aliphatic rings. The van der Waals surface area contributed by atoms with Gasteiger partial charge in [-0.3, -0.25) is 9.59 Å². The van der Waals surface area contributed by atoms with E-state index in [4.69, 9.17) is 4.74 Å². The number of carbonyl (C=O) groups is 2. The van der Waals surface area contributed by atoms with Crippen molar-refractivity contribution < 1.29 is 18.7 Å². The van der Waals surface area contributed by atoms with Crippen LogP contribution < -0.4 is 10.1 Å². The molecule has 4 aromatic rings. The molecule has 0 bridgehead atoms. The lowest BCUT2D eigenvalue weighted by atomic mass is 9.87. The zero-order valence-electron chi connectivity index (χ0n) is 22.1. The second-order valence-electron chi connectivity index (χ2n) is 9.90. The predicted octanol–water partition coefficient (Wildman–Crippen LogP) is 6.01. The van der Waals surface area contributed by atoms with Crippen molar-refractivity contribution in [1.82, 2.24) is 10.2 Å². The molecule has 5 rings (SSSR count). The van der Waals surface area contributed by atoms with Crippen molar-refractivity contribution in [2.45, 2.75) is 39.0 Å². The van der Waals surface area contributed by atoms with Crippen molar-refractivity contribution >= 4 is 11.8 Å². The van der Waals surface area contributed by atoms with Crippen LogP contribution in [0, 0.1) is 12.7 Å². The first-order valence-electron chi connectivity index (χ1n) is 13.1. The highest BCUT2D eigenvalue weighted by Crippen LogP contribution is 2.38. The molecule has 0 fully saturated rings. The van der Waals surface area contributed by atoms with Crippen LogP contribution in [0.15, 0.2) is 97.1 Å². The molecule has 0 aromatic heterocycles. The summed E-state index contributed by atoms with van der Waals surface area (Å²) in [4.78, 5) is 28.3. The maximum Gasteiger partial charge on any atom is 0.261 e. The Kier molecular flexibility index (Phi) is 7.73. The van der Waals surface area contributed by atoms with Crippen molar-refractivity contribution in [3.05, 3.63) is 136 Å². The van der Waals surface area contributed by atoms with Crippen LogP contribution in [0.4, 0.5) is 4.39 Å². The molecule has 0 saturated carbocycles. The van der Waals surface area contributed by atoms with Crippen LogP contribution in [0.5, 0.6) is 5.75 Å². The molecule has 39 heavy (non-hydrogen) atoms. The summed E-state index contributed by atoms with van der Waals surface area (Å²) in [7, 11) is 0. The standard InChI is InChI=1S/C33H31FN2O3/c1-22-8-6-12-27(18-22)31-30-20-29(39-23(2)32(37)35-21-24-9-7-13-28(34)19-24)15-14-25(30)16-17-36(31)33(38)26-10-4-3-5-11-26/h3-15,18-20,23,31H,16-17,21H2,1-2H3,(H,35,37)/t23-,31-/m0/s1. The van der Waals surface area contributed by atoms with E-state index in [-0.39, 0.29) is 30.2 Å². The van der Waals surface area contributed by atoms with E-state index in [0.717, 1.165) is 28.7 Å². The number of fused-ring (bicyclic) bond motifs is 1. The van der Waals surface area contributed by atoms with Crippen molar-refractivity contribution in [1.29, 1.82) is 0 Å². The largest absolute Gasteiger partial charge is 0.481 e. The Morgan fingerprint density at radius 1 is 0.974 bits per heavy atom. The van der Waals surface area contributed by atoms with Gasteiger partial charge in [0, 0.05) is 18.7 Å². The van der Waals surface area contributed by atoms with E-state index >= 15 is 0 Å². The lowest BCUT2D eigenvalue weighted by molar-refractivity contribution is -0.127. The van der Waals surface area contributed by atoms with Gasteiger partial charge in [0.2, 0.25) is 0 Å². The smallest absolute Gasteiger partial charge is 0.261 e. The van der Waals surface area contributed by atoms with Gasteiger partial charge in [0.25, 0.3) is 11.8 Å². The number of ether oxygens (including phenoxy) is 1. The van der Waals surface area contributed by atoms with Gasteiger partial charge in [-0.2, -0.15) is 0 Å². The summed E-state index contributed by atoms with van der Waals surface area (Å²) in [6.45, 7) is 4.53. The Labute approximate surface area is 228 Å². The van der Waals surface area contributed by atoms with E-state index in [1.165, 1.54) is 12.1 Å². The molecule has 1 aliphatic heterocycles. The summed E-state index contributed by atoms with van der Waals surface area (Å²) in [5, 5.41) is 2.81. The first kappa shape index (κ1) is 26.2. The summed E-state index contributed by atoms with van der Waals surface area (Å²) in [6, 6.07) is 29.2. The molecule has 0 radical (unpaired) electrons. The first-order valence-corrected chi connectivity index (χ1v) is 13.1. The molecule has 0 saturated heterocycles. The summed E-state index contributed by atoms with van der Waals surface area (Å²) < 4.78 is 19.5. The molecule has 0 spiro atoms. The molecule has 4 aromatic carbocycles. The molecule has 1 N–H and O–H groups in total. The lowest BCUT2D eigenvalue weighted by Gasteiger charge is -2.38. The van der Waals surface area contributed by atoms with Gasteiger partial charge in [0.1, 0.15) is 11.6 Å². The van der Waals surface area contributed by atoms with Crippen molar-refractivity contribution in [2.75, 3.05) is 6.54 Å². The molecule has 198 valence electrons. The van der Waals surface area contributed by atoms with Crippen LogP contribution in [0.1, 0.15) is 51.1 Å². The van der Waals surface area contributed by atoms with Gasteiger partial charge in [0.05, 0.1) is 6.04 Å². The third-order valence-electron chi connectivity index (χ3n) is 7.02. The molecule has 2 amide bonds. The van der Waals surface area contributed by atoms with Crippen molar-refractivity contribution in [3.63, 3.8) is 0 Å². The fourth-order valence-electron chi connectivity index (χ4n) is 5.07. The van der Waals surface area contributed by atoms with E-state index < -0.39 is 6.10 Å². The number of aryl methyl sites for hydroxylation is 1. The SMILES string of the molecule is Cc1cccc([C@H]2c3cc(O[C@@H](C)C(=O)NCc4cccc(F)c4)ccc3CCN2C(=O)c2ccccc2)c1. The van der Waals surface area contributed by atoms with E-state index in [1.807, 2.05) is 78.6 Å². The fourth-order valence-corrected chi connectivity index (χ4v) is 5.07. The quantitative estimate of drug-likeness (QED) is 0.324. The first-order chi connectivity index (χ1) is 18.9. The van der Waals surface area contributed by atoms with Gasteiger partial charge in [-0.15, -0.1) is 0 Å². The van der Waals surface area contributed by atoms with Crippen LogP contribution in [0.3, 0.4) is 0 Å². The molecule has 2 atom stereocenters. The van der Waals surface area contributed by atoms with Gasteiger partial charge in [-0.1, -0.05) is 66.2 Å². The molecule has 0 aliphatic carbocycles. The number of nitrogens with zero attached hydrogens (tertiary/aromatic N) is 1. The Hall–Kier alpha value is -4.45. The van der Waals surface area contributed by atoms with Gasteiger partial charge >= 0.3 is 0 Å². The Morgan fingerprint density at radius 2 is 1.77 bits per heavy atom. The van der Waals surface area contributed by atoms with Gasteiger partial charge in [-0.25, -0.2) is 4.39 Å². The summed E-state index contributed by atoms with van der Waals surface area (Å²) in [6.07, 6.45) is -0.0418. The second-order valence-corrected chi connectivity index (χ2v) is 9.90. The summed E-state index contributed by atoms with van der Waals surface area (Å²) in [5.74, 6) is -0.117. The number of rotatable bonds is 7. The summed E-state index contributed by atoms with van der Waals surface area (Å²) in [5.41, 5.74) is 5.60. The molecule has 6 heteroatoms. The molecule has 1 heterocycles. The van der Waals surface area contributed by atoms with Gasteiger partial charge in [0.15, 0.2) is 6.10 Å². The minimum Gasteiger partial charge on any atom is -0.481 e. The molecular formula is C33H31FN2O3. The van der Waals surface area contributed by atoms with Crippen LogP contribution in [-0.4, -0.2) is 29.4 Å². The molecule has 0 unspecified atom stereocenters. The monoisotopic (exact) mass is 522 g/mol. The number of carbonyl (C=O) groups excluding carboxylic acids is 2. The number of hydrogen-bond donors (Lipinski definition) is 1. The maximum atomic E-state index is 13.7. The topological polar surface area (TPSA) is 58.6 Å². The highest BCUT2D eigenvalue weighted by Gasteiger charge is 2.33. The van der Waals surface area contributed by atoms with Crippen LogP contribution >= 0.6 is 0 Å². The second kappa shape index (κ2) is 11.5. The van der Waals surface area contributed by atoms with Gasteiger partial charge in [-0.05, 0) is 78.9 Å². The van der Waals surface area contributed by atoms with E-state index in [2.05, 4.69) is 11.4 Å². The zero-order valence-corrected chi connectivity index (χ0v) is 22.1. The normalized spacial score (nSPS) is 15.3. The number of hydrogen-bond acceptors (Lipinski definition) is 3. The van der Waals surface area contributed by atoms with E-state index in [0.29, 0.717) is 23.4 Å². The average Bonchev–Trinajstić information content (AvgIpc) is 2.95. The Bertz CT molecular complexity index is 1490. The molecular weight excluding hydrogens is 491 g/mol. The highest BCUT2D eigenvalue weighted by atomic mass is 19.1. The predicted molar refractivity (Wildman–Crippen MR) is 149 cm³/mol. The number of halogens is 1. The molecule has 5 nitrogen and oxygen atoms in total. The van der Waals surface area contributed by atoms with Crippen molar-refractivity contribution in [2.24, 2.45) is 0 Å². The Balaban J connectivity index is 1.40. The highest BCUT2D eigenvalue weighted by molar-refractivity contribution is 5.95. The van der Waals surface area contributed by atoms with E-state index in [1.54, 1.807) is 19.1 Å². The average molecular weight is 523 g/mol. The van der Waals surface area contributed by atoms with Crippen LogP contribution in [0.25, 0.3) is 0 Å². The number of amides is 2. The maximum absolute atomic E-state index is 13.7. The number of benzene rings is 4. The minimum atomic E-state index is -0.764. The Morgan fingerprint density at radius 3 is 2.54 bits per heavy atom. The van der Waals surface area contributed by atoms with Crippen molar-refractivity contribution in [3.8, 4) is 5.75 Å². The fraction of sp³-hybridized carbons (Fsp3) is 0.212. The van der Waals surface area contributed by atoms with Crippen LogP contribution in [-0.2, 0) is 17.8 Å². The van der Waals surface area contributed by atoms with Crippen LogP contribution in [0.2, 0.25) is 0 Å². The third kappa shape index (κ3) is 6.01. The number of nitrogens with one attached hydrogen (secondary N) is 1. The van der Waals surface area contributed by atoms with E-state index in [9.17, 15) is 14.0 Å². The lowest BCUT2D eigenvalue weighted by Crippen LogP contribution is -2.40. The van der Waals surface area contributed by atoms with Gasteiger partial charge < -0.3 is 15.0 Å². The summed E-state index contributed by atoms with van der Waals surface area (Å²) >= 11 is 0. The minimum absolute atomic E-state index is 0.0239. The third-order valence-corrected chi connectivity index (χ3v) is 7.02. The zero-order chi connectivity index (χ0) is 27.4.